The molecule has 0 amide bonds. The van der Waals surface area contributed by atoms with Crippen LogP contribution in [0.1, 0.15) is 66.9 Å². The van der Waals surface area contributed by atoms with Gasteiger partial charge in [0.25, 0.3) is 0 Å². The second-order valence-corrected chi connectivity index (χ2v) is 14.0. The molecule has 0 bridgehead atoms. The monoisotopic (exact) mass is 488 g/mol. The third-order valence-electron chi connectivity index (χ3n) is 5.51. The molecule has 1 atom stereocenters. The van der Waals surface area contributed by atoms with E-state index in [-0.39, 0.29) is 30.2 Å². The summed E-state index contributed by atoms with van der Waals surface area (Å²) in [5, 5.41) is 0. The summed E-state index contributed by atoms with van der Waals surface area (Å²) in [6.07, 6.45) is 7.94. The molecule has 0 heterocycles. The van der Waals surface area contributed by atoms with Crippen LogP contribution in [0.4, 0.5) is 0 Å². The van der Waals surface area contributed by atoms with E-state index in [2.05, 4.69) is 89.2 Å². The zero-order chi connectivity index (χ0) is 18.5. The Morgan fingerprint density at radius 2 is 1.64 bits per heavy atom. The molecule has 0 aliphatic heterocycles. The molecule has 3 heteroatoms. The third kappa shape index (κ3) is 4.28. The van der Waals surface area contributed by atoms with Gasteiger partial charge in [-0.15, -0.1) is 0 Å². The predicted octanol–water partition coefficient (Wildman–Crippen LogP) is 1.32. The number of hydrogen-bond donors (Lipinski definition) is 0. The minimum Gasteiger partial charge on any atom is -1.00 e. The van der Waals surface area contributed by atoms with Crippen molar-refractivity contribution in [1.29, 1.82) is 0 Å². The van der Waals surface area contributed by atoms with Gasteiger partial charge in [-0.2, -0.15) is 0 Å². The van der Waals surface area contributed by atoms with Crippen LogP contribution in [-0.2, 0) is 28.6 Å². The van der Waals surface area contributed by atoms with Crippen LogP contribution in [0.2, 0.25) is 3.63 Å². The van der Waals surface area contributed by atoms with Crippen LogP contribution < -0.4 is 24.8 Å². The first-order chi connectivity index (χ1) is 12.4. The molecule has 146 valence electrons. The summed E-state index contributed by atoms with van der Waals surface area (Å²) in [4.78, 5) is 0. The molecule has 0 radical (unpaired) electrons. The number of benzene rings is 2. The first-order valence-electron chi connectivity index (χ1n) is 9.76. The van der Waals surface area contributed by atoms with Crippen molar-refractivity contribution in [2.24, 2.45) is 0 Å². The van der Waals surface area contributed by atoms with Crippen LogP contribution in [0.3, 0.4) is 0 Å². The predicted molar refractivity (Wildman–Crippen MR) is 109 cm³/mol. The van der Waals surface area contributed by atoms with Crippen molar-refractivity contribution in [1.82, 2.24) is 0 Å². The summed E-state index contributed by atoms with van der Waals surface area (Å²) in [5.74, 6) is 0. The number of fused-ring (bicyclic) bond motifs is 3. The maximum absolute atomic E-state index is 2.51. The van der Waals surface area contributed by atoms with Crippen molar-refractivity contribution in [3.8, 4) is 11.1 Å². The molecule has 0 spiro atoms. The fraction of sp³-hybridized carbons (Fsp3) is 0.360. The minimum absolute atomic E-state index is 0. The smallest absolute Gasteiger partial charge is 1.00 e. The Morgan fingerprint density at radius 1 is 0.964 bits per heavy atom. The average Bonchev–Trinajstić information content (AvgIpc) is 3.21. The van der Waals surface area contributed by atoms with E-state index in [1.807, 2.05) is 0 Å². The van der Waals surface area contributed by atoms with Gasteiger partial charge < -0.3 is 24.8 Å². The van der Waals surface area contributed by atoms with Crippen LogP contribution in [0, 0.1) is 0 Å². The van der Waals surface area contributed by atoms with Crippen molar-refractivity contribution < 1.29 is 48.0 Å². The summed E-state index contributed by atoms with van der Waals surface area (Å²) < 4.78 is 1.55. The SMILES string of the molecule is C[CH](C)[Zr+2][CH]1c2ccccc2-c2cc(C(C)(C)C)cc(C3=CC=CC3)c21.[Cl-].[Cl-]. The van der Waals surface area contributed by atoms with E-state index in [1.54, 1.807) is 11.1 Å². The topological polar surface area (TPSA) is 0 Å². The van der Waals surface area contributed by atoms with Crippen LogP contribution in [0.25, 0.3) is 16.7 Å². The molecule has 1 unspecified atom stereocenters. The summed E-state index contributed by atoms with van der Waals surface area (Å²) >= 11 is -0.562. The molecule has 0 saturated carbocycles. The van der Waals surface area contributed by atoms with E-state index >= 15 is 0 Å². The molecule has 2 aromatic rings. The molecule has 28 heavy (non-hydrogen) atoms. The summed E-state index contributed by atoms with van der Waals surface area (Å²) in [5.41, 5.74) is 10.9. The molecule has 0 saturated heterocycles. The molecule has 0 aromatic heterocycles. The van der Waals surface area contributed by atoms with Gasteiger partial charge in [0, 0.05) is 0 Å². The summed E-state index contributed by atoms with van der Waals surface area (Å²) in [6, 6.07) is 14.2. The summed E-state index contributed by atoms with van der Waals surface area (Å²) in [6.45, 7) is 11.9. The maximum Gasteiger partial charge on any atom is -1.00 e. The first kappa shape index (κ1) is 23.7. The van der Waals surface area contributed by atoms with E-state index in [0.717, 1.165) is 10.0 Å². The summed E-state index contributed by atoms with van der Waals surface area (Å²) in [7, 11) is 0. The number of hydrogen-bond acceptors (Lipinski definition) is 0. The average molecular weight is 491 g/mol. The van der Waals surface area contributed by atoms with Gasteiger partial charge in [-0.1, -0.05) is 0 Å². The quantitative estimate of drug-likeness (QED) is 0.609. The van der Waals surface area contributed by atoms with E-state index in [9.17, 15) is 0 Å². The van der Waals surface area contributed by atoms with Gasteiger partial charge in [-0.05, 0) is 0 Å². The molecule has 2 aliphatic rings. The van der Waals surface area contributed by atoms with E-state index in [1.165, 1.54) is 27.8 Å². The Kier molecular flexibility index (Phi) is 7.63. The van der Waals surface area contributed by atoms with Gasteiger partial charge in [-0.25, -0.2) is 0 Å². The van der Waals surface area contributed by atoms with Crippen LogP contribution in [0.15, 0.2) is 54.6 Å². The van der Waals surface area contributed by atoms with Gasteiger partial charge in [0.2, 0.25) is 0 Å². The molecule has 0 fully saturated rings. The number of allylic oxidation sites excluding steroid dienone is 4. The van der Waals surface area contributed by atoms with Gasteiger partial charge >= 0.3 is 171 Å². The largest absolute Gasteiger partial charge is 1.00 e. The molecular weight excluding hydrogens is 462 g/mol. The Labute approximate surface area is 194 Å². The molecule has 0 nitrogen and oxygen atoms in total. The van der Waals surface area contributed by atoms with E-state index in [4.69, 9.17) is 0 Å². The fourth-order valence-corrected chi connectivity index (χ4v) is 8.06. The molecule has 0 N–H and O–H groups in total. The van der Waals surface area contributed by atoms with Crippen LogP contribution >= 0.6 is 0 Å². The Bertz CT molecular complexity index is 917. The Balaban J connectivity index is 0.00000140. The second-order valence-electron chi connectivity index (χ2n) is 8.90. The zero-order valence-corrected chi connectivity index (χ0v) is 21.3. The normalized spacial score (nSPS) is 16.6. The Morgan fingerprint density at radius 3 is 2.25 bits per heavy atom. The van der Waals surface area contributed by atoms with Crippen LogP contribution in [-0.4, -0.2) is 0 Å². The van der Waals surface area contributed by atoms with Crippen molar-refractivity contribution in [3.05, 3.63) is 76.9 Å². The van der Waals surface area contributed by atoms with Gasteiger partial charge in [0.05, 0.1) is 0 Å². The van der Waals surface area contributed by atoms with E-state index < -0.39 is 23.2 Å². The van der Waals surface area contributed by atoms with Gasteiger partial charge in [0.1, 0.15) is 0 Å². The second kappa shape index (κ2) is 9.03. The first-order valence-corrected chi connectivity index (χ1v) is 12.6. The van der Waals surface area contributed by atoms with E-state index in [0.29, 0.717) is 3.63 Å². The number of rotatable bonds is 3. The zero-order valence-electron chi connectivity index (χ0n) is 17.3. The Hall–Kier alpha value is -0.617. The van der Waals surface area contributed by atoms with Crippen LogP contribution in [0.5, 0.6) is 0 Å². The fourth-order valence-electron chi connectivity index (χ4n) is 4.19. The molecule has 2 aromatic carbocycles. The maximum atomic E-state index is 2.51. The standard InChI is InChI=1S/C22H21.C3H7.2ClH.Zr/c1-22(2,3)17-13-19(15-8-4-5-9-15)20-12-16-10-6-7-11-18(16)21(20)14-17;1-3-2;;;/h4-8,10-14H,9H2,1-3H3;3H,1-2H3;2*1H;/q;;;;+2/p-2. The minimum atomic E-state index is -0.562. The van der Waals surface area contributed by atoms with Crippen molar-refractivity contribution in [2.45, 2.75) is 53.7 Å². The van der Waals surface area contributed by atoms with Crippen molar-refractivity contribution >= 4 is 5.57 Å². The third-order valence-corrected chi connectivity index (χ3v) is 9.45. The van der Waals surface area contributed by atoms with Crippen molar-refractivity contribution in [2.75, 3.05) is 0 Å². The van der Waals surface area contributed by atoms with Gasteiger partial charge in [0.15, 0.2) is 0 Å². The van der Waals surface area contributed by atoms with Gasteiger partial charge in [-0.3, -0.25) is 0 Å². The molecular formula is C25H28Cl2Zr. The number of halogens is 2. The van der Waals surface area contributed by atoms with Crippen molar-refractivity contribution in [3.63, 3.8) is 0 Å². The molecule has 2 aliphatic carbocycles. The molecule has 4 rings (SSSR count).